The second-order valence-corrected chi connectivity index (χ2v) is 26.7. The number of para-hydroxylation sites is 12. The number of nitriles is 4. The molecule has 0 aliphatic rings. The zero-order valence-electron chi connectivity index (χ0n) is 55.9. The summed E-state index contributed by atoms with van der Waals surface area (Å²) in [5, 5.41) is 56.2. The van der Waals surface area contributed by atoms with Crippen LogP contribution < -0.4 is 0 Å². The van der Waals surface area contributed by atoms with Crippen LogP contribution in [0.5, 0.6) is 0 Å². The summed E-state index contributed by atoms with van der Waals surface area (Å²) < 4.78 is 48.6. The van der Waals surface area contributed by atoms with Gasteiger partial charge in [0.2, 0.25) is 0 Å². The van der Waals surface area contributed by atoms with E-state index in [9.17, 15) is 21.0 Å². The first kappa shape index (κ1) is 66.1. The molecule has 0 spiro atoms. The van der Waals surface area contributed by atoms with Crippen molar-refractivity contribution < 1.29 is 8.78 Å². The second-order valence-electron chi connectivity index (χ2n) is 25.1. The van der Waals surface area contributed by atoms with Gasteiger partial charge in [0.15, 0.2) is 11.6 Å². The van der Waals surface area contributed by atoms with Gasteiger partial charge in [0.05, 0.1) is 111 Å². The van der Waals surface area contributed by atoms with Crippen LogP contribution in [0.15, 0.2) is 291 Å². The number of rotatable bonds is 6. The molecule has 0 amide bonds. The number of hydrogen-bond acceptors (Lipinski definition) is 4. The van der Waals surface area contributed by atoms with Gasteiger partial charge in [-0.3, -0.25) is 0 Å². The normalized spacial score (nSPS) is 11.3. The molecule has 0 saturated carbocycles. The predicted molar refractivity (Wildman–Crippen MR) is 431 cm³/mol. The van der Waals surface area contributed by atoms with Gasteiger partial charge in [-0.25, -0.2) is 8.78 Å². The van der Waals surface area contributed by atoms with Crippen LogP contribution in [0.1, 0.15) is 22.3 Å². The molecule has 0 aliphatic carbocycles. The van der Waals surface area contributed by atoms with Crippen LogP contribution in [-0.2, 0) is 0 Å². The molecule has 0 fully saturated rings. The van der Waals surface area contributed by atoms with E-state index >= 15 is 8.78 Å². The lowest BCUT2D eigenvalue weighted by Gasteiger charge is -2.23. The zero-order chi connectivity index (χ0) is 72.4. The number of aromatic nitrogens is 6. The molecule has 6 heterocycles. The number of benzene rings is 14. The Balaban J connectivity index is 0.000000145. The van der Waals surface area contributed by atoms with Gasteiger partial charge in [0, 0.05) is 64.6 Å². The highest BCUT2D eigenvalue weighted by Gasteiger charge is 2.35. The van der Waals surface area contributed by atoms with Gasteiger partial charge in [-0.1, -0.05) is 218 Å². The zero-order valence-corrected chi connectivity index (χ0v) is 58.9. The summed E-state index contributed by atoms with van der Waals surface area (Å²) in [6.07, 6.45) is 0. The summed E-state index contributed by atoms with van der Waals surface area (Å²) >= 11 is 19.1. The van der Waals surface area contributed by atoms with Crippen LogP contribution >= 0.6 is 46.4 Å². The van der Waals surface area contributed by atoms with Crippen LogP contribution in [0, 0.1) is 57.0 Å². The van der Waals surface area contributed by atoms with E-state index in [1.807, 2.05) is 319 Å². The van der Waals surface area contributed by atoms with Crippen molar-refractivity contribution in [3.05, 3.63) is 325 Å². The summed E-state index contributed by atoms with van der Waals surface area (Å²) in [6, 6.07) is 104. The number of halogens is 6. The molecule has 0 unspecified atom stereocenters. The Labute approximate surface area is 624 Å². The third-order valence-electron chi connectivity index (χ3n) is 20.0. The molecule has 0 radical (unpaired) electrons. The number of hydrogen-bond donors (Lipinski definition) is 0. The van der Waals surface area contributed by atoms with E-state index in [4.69, 9.17) is 46.4 Å². The monoisotopic (exact) mass is 1450 g/mol. The molecule has 106 heavy (non-hydrogen) atoms. The fraction of sp³-hybridized carbons (Fsp3) is 0.0222. The van der Waals surface area contributed by atoms with Crippen molar-refractivity contribution in [2.45, 2.75) is 0 Å². The lowest BCUT2D eigenvalue weighted by atomic mass is 10.0. The van der Waals surface area contributed by atoms with Gasteiger partial charge >= 0.3 is 0 Å². The fourth-order valence-electron chi connectivity index (χ4n) is 16.0. The lowest BCUT2D eigenvalue weighted by molar-refractivity contribution is 0.612. The Kier molecular flexibility index (Phi) is 17.0. The second kappa shape index (κ2) is 27.2. The van der Waals surface area contributed by atoms with Crippen molar-refractivity contribution >= 4 is 177 Å². The molecule has 6 aromatic heterocycles. The number of alkyl halides is 4. The maximum absolute atomic E-state index is 18.6. The van der Waals surface area contributed by atoms with E-state index in [0.29, 0.717) is 11.4 Å². The standard InChI is InChI=1S/2C44H24FN5.2CH2Cl2/c2*45-41-42(48-35-19-7-1-13-27(35)28-14-2-8-20-36(28)48)33(25-46)34(26-47)43(49-37-21-9-3-15-29(37)30-16-4-10-22-38(30)49)44(41)50-39-23-11-5-17-31(39)32-18-6-12-24-40(32)50;2*2-1-3/h2*1-24H;2*1H2. The van der Waals surface area contributed by atoms with E-state index in [1.165, 1.54) is 0 Å². The molecule has 20 rings (SSSR count). The molecule has 0 aliphatic heterocycles. The molecule has 14 aromatic carbocycles. The van der Waals surface area contributed by atoms with Crippen LogP contribution in [-0.4, -0.2) is 38.1 Å². The van der Waals surface area contributed by atoms with Crippen molar-refractivity contribution in [1.82, 2.24) is 27.4 Å². The highest BCUT2D eigenvalue weighted by molar-refractivity contribution is 6.41. The summed E-state index contributed by atoms with van der Waals surface area (Å²) in [5.74, 6) is -1.20. The van der Waals surface area contributed by atoms with Crippen molar-refractivity contribution in [2.75, 3.05) is 10.7 Å². The molecule has 0 bridgehead atoms. The summed E-state index contributed by atoms with van der Waals surface area (Å²) in [4.78, 5) is 0. The number of nitrogens with zero attached hydrogens (tertiary/aromatic N) is 10. The third-order valence-corrected chi connectivity index (χ3v) is 20.0. The molecule has 504 valence electrons. The molecular weight excluding hydrogens is 1400 g/mol. The van der Waals surface area contributed by atoms with E-state index in [-0.39, 0.29) is 55.7 Å². The van der Waals surface area contributed by atoms with Crippen LogP contribution in [0.2, 0.25) is 0 Å². The van der Waals surface area contributed by atoms with Gasteiger partial charge in [0.25, 0.3) is 0 Å². The molecule has 0 atom stereocenters. The SMILES string of the molecule is ClCCl.ClCCl.N#Cc1c(C#N)c(-n2c3ccccc3c3ccccc32)c(-n2c3ccccc3c3ccccc32)c(F)c1-n1c2ccccc2c2ccccc21.N#Cc1c(C#N)c(-n2c3ccccc3c3ccccc32)c(-n2c3ccccc3c3ccccc32)c(F)c1-n1c2ccccc2c2ccccc21. The Hall–Kier alpha value is -13.1. The Morgan fingerprint density at radius 1 is 0.198 bits per heavy atom. The molecular formula is C90H52Cl4F2N10. The summed E-state index contributed by atoms with van der Waals surface area (Å²) in [5.41, 5.74) is 10.6. The predicted octanol–water partition coefficient (Wildman–Crippen LogP) is 24.6. The summed E-state index contributed by atoms with van der Waals surface area (Å²) in [7, 11) is 0. The number of fused-ring (bicyclic) bond motifs is 18. The Bertz CT molecular complexity index is 6460. The van der Waals surface area contributed by atoms with Gasteiger partial charge in [0.1, 0.15) is 47.0 Å². The van der Waals surface area contributed by atoms with Crippen LogP contribution in [0.25, 0.3) is 165 Å². The average Bonchev–Trinajstić information content (AvgIpc) is 1.49. The van der Waals surface area contributed by atoms with Gasteiger partial charge in [-0.2, -0.15) is 21.0 Å². The first-order valence-corrected chi connectivity index (χ1v) is 35.9. The smallest absolute Gasteiger partial charge is 0.174 e. The molecule has 20 aromatic rings. The van der Waals surface area contributed by atoms with Crippen LogP contribution in [0.4, 0.5) is 8.78 Å². The van der Waals surface area contributed by atoms with Crippen LogP contribution in [0.3, 0.4) is 0 Å². The molecule has 0 N–H and O–H groups in total. The van der Waals surface area contributed by atoms with Crippen molar-refractivity contribution in [2.24, 2.45) is 0 Å². The molecule has 16 heteroatoms. The van der Waals surface area contributed by atoms with Crippen molar-refractivity contribution in [1.29, 1.82) is 21.0 Å². The lowest BCUT2D eigenvalue weighted by Crippen LogP contribution is -2.14. The van der Waals surface area contributed by atoms with E-state index in [2.05, 4.69) is 24.3 Å². The molecule has 10 nitrogen and oxygen atoms in total. The van der Waals surface area contributed by atoms with E-state index in [0.717, 1.165) is 131 Å². The highest BCUT2D eigenvalue weighted by atomic mass is 35.5. The van der Waals surface area contributed by atoms with Gasteiger partial charge in [-0.15, -0.1) is 46.4 Å². The Morgan fingerprint density at radius 3 is 0.453 bits per heavy atom. The minimum atomic E-state index is -0.601. The first-order valence-electron chi connectivity index (χ1n) is 33.8. The van der Waals surface area contributed by atoms with Gasteiger partial charge < -0.3 is 27.4 Å². The van der Waals surface area contributed by atoms with E-state index in [1.54, 1.807) is 0 Å². The third kappa shape index (κ3) is 10.0. The fourth-order valence-corrected chi connectivity index (χ4v) is 16.0. The maximum Gasteiger partial charge on any atom is 0.174 e. The van der Waals surface area contributed by atoms with Crippen molar-refractivity contribution in [3.8, 4) is 58.4 Å². The summed E-state index contributed by atoms with van der Waals surface area (Å²) in [6.45, 7) is 0. The maximum atomic E-state index is 18.6. The quantitative estimate of drug-likeness (QED) is 0.154. The molecule has 0 saturated heterocycles. The van der Waals surface area contributed by atoms with E-state index < -0.39 is 11.6 Å². The average molecular weight is 1450 g/mol. The van der Waals surface area contributed by atoms with Gasteiger partial charge in [-0.05, 0) is 72.8 Å². The Morgan fingerprint density at radius 2 is 0.311 bits per heavy atom. The van der Waals surface area contributed by atoms with Crippen molar-refractivity contribution in [3.63, 3.8) is 0 Å². The minimum absolute atomic E-state index is 0.0297. The first-order chi connectivity index (χ1) is 52.2. The topological polar surface area (TPSA) is 125 Å². The largest absolute Gasteiger partial charge is 0.306 e. The minimum Gasteiger partial charge on any atom is -0.306 e. The highest BCUT2D eigenvalue weighted by Crippen LogP contribution is 2.48.